The number of benzene rings is 1. The van der Waals surface area contributed by atoms with Crippen molar-refractivity contribution >= 4 is 0 Å². The first kappa shape index (κ1) is 10.2. The smallest absolute Gasteiger partial charge is 0.0653 e. The fourth-order valence-corrected chi connectivity index (χ4v) is 1.19. The van der Waals surface area contributed by atoms with Crippen LogP contribution < -0.4 is 5.48 Å². The fraction of sp³-hybridized carbons (Fsp3) is 0.455. The van der Waals surface area contributed by atoms with Crippen LogP contribution in [0.25, 0.3) is 0 Å². The van der Waals surface area contributed by atoms with Crippen molar-refractivity contribution in [1.29, 1.82) is 0 Å². The van der Waals surface area contributed by atoms with Crippen LogP contribution in [0, 0.1) is 0 Å². The van der Waals surface area contributed by atoms with Crippen molar-refractivity contribution in [3.05, 3.63) is 35.9 Å². The number of rotatable bonds is 5. The van der Waals surface area contributed by atoms with E-state index in [1.807, 2.05) is 13.0 Å². The predicted octanol–water partition coefficient (Wildman–Crippen LogP) is 2.33. The Labute approximate surface area is 79.9 Å². The maximum Gasteiger partial charge on any atom is 0.0653 e. The second kappa shape index (κ2) is 5.73. The summed E-state index contributed by atoms with van der Waals surface area (Å²) in [6.45, 7) is 5.72. The first-order valence-corrected chi connectivity index (χ1v) is 4.74. The highest BCUT2D eigenvalue weighted by Gasteiger charge is 2.02. The van der Waals surface area contributed by atoms with Gasteiger partial charge in [0.1, 0.15) is 0 Å². The molecule has 0 heterocycles. The summed E-state index contributed by atoms with van der Waals surface area (Å²) in [5.41, 5.74) is 4.28. The van der Waals surface area contributed by atoms with Crippen LogP contribution in [0.2, 0.25) is 0 Å². The third-order valence-electron chi connectivity index (χ3n) is 2.00. The van der Waals surface area contributed by atoms with Crippen molar-refractivity contribution in [2.75, 3.05) is 13.2 Å². The summed E-state index contributed by atoms with van der Waals surface area (Å²) in [7, 11) is 0. The van der Waals surface area contributed by atoms with Crippen LogP contribution >= 0.6 is 0 Å². The minimum absolute atomic E-state index is 0.493. The van der Waals surface area contributed by atoms with E-state index in [1.54, 1.807) is 0 Å². The first-order chi connectivity index (χ1) is 6.34. The van der Waals surface area contributed by atoms with Crippen LogP contribution in [0.1, 0.15) is 25.3 Å². The van der Waals surface area contributed by atoms with Crippen molar-refractivity contribution in [3.8, 4) is 0 Å². The minimum atomic E-state index is 0.493. The predicted molar refractivity (Wildman–Crippen MR) is 54.5 cm³/mol. The molecule has 0 aliphatic carbocycles. The van der Waals surface area contributed by atoms with Crippen LogP contribution in [0.15, 0.2) is 30.3 Å². The zero-order chi connectivity index (χ0) is 9.52. The Morgan fingerprint density at radius 1 is 1.31 bits per heavy atom. The quantitative estimate of drug-likeness (QED) is 0.553. The molecule has 0 spiro atoms. The lowest BCUT2D eigenvalue weighted by Gasteiger charge is -2.11. The number of hydrogen-bond donors (Lipinski definition) is 1. The molecule has 1 aromatic carbocycles. The van der Waals surface area contributed by atoms with Crippen LogP contribution in [0.3, 0.4) is 0 Å². The van der Waals surface area contributed by atoms with Crippen molar-refractivity contribution in [2.45, 2.75) is 19.8 Å². The zero-order valence-corrected chi connectivity index (χ0v) is 8.29. The van der Waals surface area contributed by atoms with Crippen molar-refractivity contribution in [1.82, 2.24) is 5.48 Å². The molecule has 1 aromatic rings. The lowest BCUT2D eigenvalue weighted by molar-refractivity contribution is 0.0482. The van der Waals surface area contributed by atoms with E-state index in [2.05, 4.69) is 36.7 Å². The monoisotopic (exact) mass is 179 g/mol. The second-order valence-corrected chi connectivity index (χ2v) is 3.09. The first-order valence-electron chi connectivity index (χ1n) is 4.74. The zero-order valence-electron chi connectivity index (χ0n) is 8.29. The van der Waals surface area contributed by atoms with Crippen LogP contribution in [-0.2, 0) is 4.84 Å². The molecule has 1 rings (SSSR count). The average Bonchev–Trinajstić information content (AvgIpc) is 2.19. The van der Waals surface area contributed by atoms with E-state index < -0.39 is 0 Å². The fourth-order valence-electron chi connectivity index (χ4n) is 1.19. The molecular formula is C11H17NO. The van der Waals surface area contributed by atoms with E-state index in [0.29, 0.717) is 12.5 Å². The Morgan fingerprint density at radius 3 is 2.62 bits per heavy atom. The van der Waals surface area contributed by atoms with E-state index in [0.717, 1.165) is 6.54 Å². The molecule has 1 unspecified atom stereocenters. The summed E-state index contributed by atoms with van der Waals surface area (Å²) >= 11 is 0. The average molecular weight is 179 g/mol. The van der Waals surface area contributed by atoms with E-state index in [4.69, 9.17) is 4.84 Å². The molecule has 2 heteroatoms. The molecule has 13 heavy (non-hydrogen) atoms. The summed E-state index contributed by atoms with van der Waals surface area (Å²) in [5.74, 6) is 0.493. The van der Waals surface area contributed by atoms with Gasteiger partial charge in [-0.05, 0) is 18.4 Å². The molecule has 0 amide bonds. The third-order valence-corrected chi connectivity index (χ3v) is 2.00. The van der Waals surface area contributed by atoms with E-state index in [1.165, 1.54) is 5.56 Å². The van der Waals surface area contributed by atoms with Gasteiger partial charge in [0.15, 0.2) is 0 Å². The second-order valence-electron chi connectivity index (χ2n) is 3.09. The number of hydrogen-bond acceptors (Lipinski definition) is 2. The molecule has 0 radical (unpaired) electrons. The van der Waals surface area contributed by atoms with Gasteiger partial charge < -0.3 is 4.84 Å². The third kappa shape index (κ3) is 3.57. The number of hydroxylamine groups is 1. The molecule has 0 fully saturated rings. The molecular weight excluding hydrogens is 162 g/mol. The van der Waals surface area contributed by atoms with Crippen LogP contribution in [0.4, 0.5) is 0 Å². The van der Waals surface area contributed by atoms with Gasteiger partial charge in [-0.3, -0.25) is 0 Å². The SMILES string of the molecule is CCONCC(C)c1ccccc1. The van der Waals surface area contributed by atoms with Gasteiger partial charge >= 0.3 is 0 Å². The van der Waals surface area contributed by atoms with Crippen molar-refractivity contribution < 1.29 is 4.84 Å². The topological polar surface area (TPSA) is 21.3 Å². The van der Waals surface area contributed by atoms with Gasteiger partial charge in [0.2, 0.25) is 0 Å². The minimum Gasteiger partial charge on any atom is -0.302 e. The molecule has 0 saturated carbocycles. The van der Waals surface area contributed by atoms with Gasteiger partial charge in [0.05, 0.1) is 6.61 Å². The molecule has 0 saturated heterocycles. The number of nitrogens with one attached hydrogen (secondary N) is 1. The summed E-state index contributed by atoms with van der Waals surface area (Å²) < 4.78 is 0. The lowest BCUT2D eigenvalue weighted by Crippen LogP contribution is -2.20. The maximum atomic E-state index is 5.08. The van der Waals surface area contributed by atoms with Gasteiger partial charge in [0, 0.05) is 6.54 Å². The summed E-state index contributed by atoms with van der Waals surface area (Å²) in [5, 5.41) is 0. The van der Waals surface area contributed by atoms with E-state index in [9.17, 15) is 0 Å². The summed E-state index contributed by atoms with van der Waals surface area (Å²) in [4.78, 5) is 5.08. The van der Waals surface area contributed by atoms with E-state index in [-0.39, 0.29) is 0 Å². The maximum absolute atomic E-state index is 5.08. The largest absolute Gasteiger partial charge is 0.302 e. The van der Waals surface area contributed by atoms with Crippen LogP contribution in [-0.4, -0.2) is 13.2 Å². The highest BCUT2D eigenvalue weighted by atomic mass is 16.6. The highest BCUT2D eigenvalue weighted by molar-refractivity contribution is 5.18. The Morgan fingerprint density at radius 2 is 2.00 bits per heavy atom. The Kier molecular flexibility index (Phi) is 4.50. The van der Waals surface area contributed by atoms with Gasteiger partial charge in [-0.25, -0.2) is 5.48 Å². The van der Waals surface area contributed by atoms with Crippen LogP contribution in [0.5, 0.6) is 0 Å². The summed E-state index contributed by atoms with van der Waals surface area (Å²) in [6, 6.07) is 10.4. The Bertz CT molecular complexity index is 223. The molecule has 0 aliphatic heterocycles. The van der Waals surface area contributed by atoms with Crippen molar-refractivity contribution in [3.63, 3.8) is 0 Å². The van der Waals surface area contributed by atoms with E-state index >= 15 is 0 Å². The molecule has 0 aromatic heterocycles. The normalized spacial score (nSPS) is 12.8. The Hall–Kier alpha value is -0.860. The molecule has 0 aliphatic rings. The van der Waals surface area contributed by atoms with Gasteiger partial charge in [-0.2, -0.15) is 0 Å². The van der Waals surface area contributed by atoms with Gasteiger partial charge in [0.25, 0.3) is 0 Å². The highest BCUT2D eigenvalue weighted by Crippen LogP contribution is 2.12. The van der Waals surface area contributed by atoms with Gasteiger partial charge in [-0.15, -0.1) is 0 Å². The molecule has 1 atom stereocenters. The lowest BCUT2D eigenvalue weighted by atomic mass is 10.0. The molecule has 72 valence electrons. The Balaban J connectivity index is 2.35. The molecule has 2 nitrogen and oxygen atoms in total. The molecule has 1 N–H and O–H groups in total. The summed E-state index contributed by atoms with van der Waals surface area (Å²) in [6.07, 6.45) is 0. The standard InChI is InChI=1S/C11H17NO/c1-3-13-12-9-10(2)11-7-5-4-6-8-11/h4-8,10,12H,3,9H2,1-2H3. The van der Waals surface area contributed by atoms with Gasteiger partial charge in [-0.1, -0.05) is 37.3 Å². The van der Waals surface area contributed by atoms with Crippen molar-refractivity contribution in [2.24, 2.45) is 0 Å². The molecule has 0 bridgehead atoms.